The van der Waals surface area contributed by atoms with Gasteiger partial charge in [0.2, 0.25) is 0 Å². The van der Waals surface area contributed by atoms with Gasteiger partial charge in [0.15, 0.2) is 0 Å². The highest BCUT2D eigenvalue weighted by molar-refractivity contribution is 5.82. The normalized spacial score (nSPS) is 14.0. The summed E-state index contributed by atoms with van der Waals surface area (Å²) in [5.41, 5.74) is -0.0636. The van der Waals surface area contributed by atoms with Gasteiger partial charge in [-0.25, -0.2) is 0 Å². The number of hydrogen-bond acceptors (Lipinski definition) is 2. The molecular weight excluding hydrogens is 212 g/mol. The maximum Gasteiger partial charge on any atom is 0.256 e. The van der Waals surface area contributed by atoms with Crippen LogP contribution in [0.3, 0.4) is 0 Å². The summed E-state index contributed by atoms with van der Waals surface area (Å²) in [5, 5.41) is 3.37. The molecule has 0 aliphatic carbocycles. The van der Waals surface area contributed by atoms with Gasteiger partial charge >= 0.3 is 0 Å². The van der Waals surface area contributed by atoms with Gasteiger partial charge in [0.05, 0.1) is 0 Å². The van der Waals surface area contributed by atoms with Crippen LogP contribution in [-0.4, -0.2) is 11.2 Å². The third kappa shape index (κ3) is 2.04. The topological polar surface area (TPSA) is 45.2 Å². The van der Waals surface area contributed by atoms with E-state index in [9.17, 15) is 4.79 Å². The van der Waals surface area contributed by atoms with E-state index in [1.807, 2.05) is 44.2 Å². The van der Waals surface area contributed by atoms with Gasteiger partial charge in [-0.05, 0) is 25.3 Å². The fraction of sp³-hybridized carbons (Fsp3) is 0.143. The highest BCUT2D eigenvalue weighted by Crippen LogP contribution is 2.01. The number of benzene rings is 1. The van der Waals surface area contributed by atoms with E-state index in [0.717, 1.165) is 16.0 Å². The molecule has 3 nitrogen and oxygen atoms in total. The molecule has 1 aromatic carbocycles. The largest absolute Gasteiger partial charge is 0.322 e. The number of nitrogens with one attached hydrogen (secondary N) is 1. The SMILES string of the molecule is C\C=c1/[nH]c(=O)c2ccccc2/c1=C/N=C/C. The van der Waals surface area contributed by atoms with Crippen LogP contribution in [-0.2, 0) is 0 Å². The minimum absolute atomic E-state index is 0.0636. The molecule has 0 bridgehead atoms. The summed E-state index contributed by atoms with van der Waals surface area (Å²) in [6.45, 7) is 3.76. The minimum atomic E-state index is -0.0636. The molecule has 2 rings (SSSR count). The van der Waals surface area contributed by atoms with Gasteiger partial charge < -0.3 is 4.98 Å². The molecule has 0 saturated carbocycles. The number of rotatable bonds is 1. The van der Waals surface area contributed by atoms with Crippen LogP contribution in [0, 0.1) is 0 Å². The third-order valence-corrected chi connectivity index (χ3v) is 2.64. The molecule has 1 aromatic heterocycles. The van der Waals surface area contributed by atoms with Gasteiger partial charge in [-0.2, -0.15) is 0 Å². The Morgan fingerprint density at radius 3 is 2.53 bits per heavy atom. The van der Waals surface area contributed by atoms with E-state index in [2.05, 4.69) is 9.98 Å². The van der Waals surface area contributed by atoms with E-state index in [0.29, 0.717) is 5.39 Å². The fourth-order valence-corrected chi connectivity index (χ4v) is 1.83. The first-order chi connectivity index (χ1) is 8.27. The molecular formula is C14H14N2O. The van der Waals surface area contributed by atoms with Crippen LogP contribution in [0.15, 0.2) is 34.1 Å². The highest BCUT2D eigenvalue weighted by atomic mass is 16.1. The molecule has 0 radical (unpaired) electrons. The summed E-state index contributed by atoms with van der Waals surface area (Å²) in [6.07, 6.45) is 5.37. The lowest BCUT2D eigenvalue weighted by atomic mass is 10.1. The summed E-state index contributed by atoms with van der Waals surface area (Å²) < 4.78 is 0. The maximum absolute atomic E-state index is 11.9. The molecule has 0 saturated heterocycles. The second-order valence-corrected chi connectivity index (χ2v) is 3.65. The number of H-pyrrole nitrogens is 1. The Morgan fingerprint density at radius 2 is 1.88 bits per heavy atom. The summed E-state index contributed by atoms with van der Waals surface area (Å²) in [5.74, 6) is 0. The number of aromatic amines is 1. The quantitative estimate of drug-likeness (QED) is 0.729. The van der Waals surface area contributed by atoms with Crippen molar-refractivity contribution in [2.75, 3.05) is 0 Å². The Bertz CT molecular complexity index is 739. The fourth-order valence-electron chi connectivity index (χ4n) is 1.83. The Labute approximate surface area is 98.8 Å². The van der Waals surface area contributed by atoms with Crippen molar-refractivity contribution in [2.24, 2.45) is 4.99 Å². The summed E-state index contributed by atoms with van der Waals surface area (Å²) in [6, 6.07) is 7.54. The zero-order valence-electron chi connectivity index (χ0n) is 9.90. The standard InChI is InChI=1S/C14H14N2O/c1-3-13-12(9-15-4-2)10-7-5-6-8-11(10)14(17)16-13/h3-9H,1-2H3,(H,16,17)/b12-9-,13-3-,15-4+. The molecule has 0 fully saturated rings. The number of pyridine rings is 1. The Morgan fingerprint density at radius 1 is 1.18 bits per heavy atom. The summed E-state index contributed by atoms with van der Waals surface area (Å²) >= 11 is 0. The zero-order chi connectivity index (χ0) is 12.3. The van der Waals surface area contributed by atoms with E-state index >= 15 is 0 Å². The van der Waals surface area contributed by atoms with Crippen LogP contribution < -0.4 is 16.1 Å². The van der Waals surface area contributed by atoms with E-state index in [1.165, 1.54) is 0 Å². The molecule has 0 amide bonds. The van der Waals surface area contributed by atoms with Gasteiger partial charge in [0.1, 0.15) is 0 Å². The van der Waals surface area contributed by atoms with E-state index < -0.39 is 0 Å². The van der Waals surface area contributed by atoms with Crippen molar-refractivity contribution in [1.29, 1.82) is 0 Å². The molecule has 0 unspecified atom stereocenters. The van der Waals surface area contributed by atoms with Gasteiger partial charge in [-0.3, -0.25) is 9.79 Å². The van der Waals surface area contributed by atoms with Crippen molar-refractivity contribution >= 4 is 29.3 Å². The smallest absolute Gasteiger partial charge is 0.256 e. The van der Waals surface area contributed by atoms with E-state index in [-0.39, 0.29) is 5.56 Å². The van der Waals surface area contributed by atoms with Crippen molar-refractivity contribution < 1.29 is 0 Å². The highest BCUT2D eigenvalue weighted by Gasteiger charge is 1.99. The molecule has 17 heavy (non-hydrogen) atoms. The Balaban J connectivity index is 3.08. The number of aliphatic imine (C=N–C) groups is 1. The molecule has 0 aliphatic rings. The third-order valence-electron chi connectivity index (χ3n) is 2.64. The van der Waals surface area contributed by atoms with Crippen LogP contribution in [0.25, 0.3) is 23.0 Å². The second-order valence-electron chi connectivity index (χ2n) is 3.65. The van der Waals surface area contributed by atoms with Crippen molar-refractivity contribution in [3.63, 3.8) is 0 Å². The van der Waals surface area contributed by atoms with Crippen molar-refractivity contribution in [3.05, 3.63) is 45.2 Å². The molecule has 1 heterocycles. The van der Waals surface area contributed by atoms with Crippen LogP contribution in [0.1, 0.15) is 13.8 Å². The minimum Gasteiger partial charge on any atom is -0.322 e. The molecule has 0 atom stereocenters. The molecule has 3 heteroatoms. The molecule has 1 N–H and O–H groups in total. The van der Waals surface area contributed by atoms with Crippen LogP contribution in [0.4, 0.5) is 0 Å². The lowest BCUT2D eigenvalue weighted by Crippen LogP contribution is -2.34. The van der Waals surface area contributed by atoms with Crippen molar-refractivity contribution in [3.8, 4) is 0 Å². The maximum atomic E-state index is 11.9. The predicted molar refractivity (Wildman–Crippen MR) is 72.6 cm³/mol. The predicted octanol–water partition coefficient (Wildman–Crippen LogP) is 1.16. The number of aromatic nitrogens is 1. The van der Waals surface area contributed by atoms with Gasteiger partial charge in [-0.15, -0.1) is 0 Å². The molecule has 0 spiro atoms. The van der Waals surface area contributed by atoms with Crippen molar-refractivity contribution in [2.45, 2.75) is 13.8 Å². The van der Waals surface area contributed by atoms with E-state index in [1.54, 1.807) is 12.4 Å². The average molecular weight is 226 g/mol. The monoisotopic (exact) mass is 226 g/mol. The summed E-state index contributed by atoms with van der Waals surface area (Å²) in [7, 11) is 0. The zero-order valence-corrected chi connectivity index (χ0v) is 9.90. The van der Waals surface area contributed by atoms with Gasteiger partial charge in [0, 0.05) is 28.4 Å². The Hall–Kier alpha value is -2.16. The second kappa shape index (κ2) is 4.78. The van der Waals surface area contributed by atoms with Crippen LogP contribution in [0.5, 0.6) is 0 Å². The Kier molecular flexibility index (Phi) is 3.19. The lowest BCUT2D eigenvalue weighted by Gasteiger charge is -1.98. The molecule has 0 aliphatic heterocycles. The van der Waals surface area contributed by atoms with Gasteiger partial charge in [0.25, 0.3) is 5.56 Å². The lowest BCUT2D eigenvalue weighted by molar-refractivity contribution is 1.18. The molecule has 2 aromatic rings. The average Bonchev–Trinajstić information content (AvgIpc) is 2.37. The summed E-state index contributed by atoms with van der Waals surface area (Å²) in [4.78, 5) is 18.9. The van der Waals surface area contributed by atoms with Gasteiger partial charge in [-0.1, -0.05) is 24.3 Å². The first-order valence-electron chi connectivity index (χ1n) is 5.53. The number of fused-ring (bicyclic) bond motifs is 1. The van der Waals surface area contributed by atoms with Crippen LogP contribution in [0.2, 0.25) is 0 Å². The number of nitrogens with zero attached hydrogens (tertiary/aromatic N) is 1. The first-order valence-corrected chi connectivity index (χ1v) is 5.53. The van der Waals surface area contributed by atoms with Crippen LogP contribution >= 0.6 is 0 Å². The molecule has 86 valence electrons. The first kappa shape index (κ1) is 11.3. The van der Waals surface area contributed by atoms with E-state index in [4.69, 9.17) is 0 Å². The van der Waals surface area contributed by atoms with Crippen molar-refractivity contribution in [1.82, 2.24) is 4.98 Å². The number of hydrogen-bond donors (Lipinski definition) is 1.